The smallest absolute Gasteiger partial charge is 0.335 e. The van der Waals surface area contributed by atoms with E-state index in [1.165, 1.54) is 0 Å². The van der Waals surface area contributed by atoms with E-state index in [1.54, 1.807) is 12.1 Å². The third-order valence-corrected chi connectivity index (χ3v) is 3.49. The zero-order chi connectivity index (χ0) is 15.1. The fourth-order valence-corrected chi connectivity index (χ4v) is 2.35. The van der Waals surface area contributed by atoms with E-state index in [4.69, 9.17) is 0 Å². The molecule has 1 aromatic rings. The van der Waals surface area contributed by atoms with Gasteiger partial charge >= 0.3 is 5.97 Å². The summed E-state index contributed by atoms with van der Waals surface area (Å²) in [6.07, 6.45) is 2.54. The molecule has 0 saturated carbocycles. The number of carboxylic acids is 1. The van der Waals surface area contributed by atoms with Gasteiger partial charge in [-0.25, -0.2) is 9.78 Å². The summed E-state index contributed by atoms with van der Waals surface area (Å²) in [6, 6.07) is 3.45. The molecule has 2 N–H and O–H groups in total. The predicted molar refractivity (Wildman–Crippen MR) is 79.4 cm³/mol. The van der Waals surface area contributed by atoms with Crippen molar-refractivity contribution in [2.45, 2.75) is 46.1 Å². The van der Waals surface area contributed by atoms with E-state index < -0.39 is 5.97 Å². The Bertz CT molecular complexity index is 445. The van der Waals surface area contributed by atoms with E-state index in [0.717, 1.165) is 18.5 Å². The van der Waals surface area contributed by atoms with Crippen LogP contribution in [0.3, 0.4) is 0 Å². The Morgan fingerprint density at radius 1 is 1.30 bits per heavy atom. The van der Waals surface area contributed by atoms with Crippen LogP contribution in [0.4, 0.5) is 5.82 Å². The minimum absolute atomic E-state index is 0.0247. The monoisotopic (exact) mass is 280 g/mol. The molecule has 5 heteroatoms. The average Bonchev–Trinajstić information content (AvgIpc) is 2.46. The SMILES string of the molecule is CCc1cc(C(=O)O)cc(N(CCO)C(CC)CC)n1. The van der Waals surface area contributed by atoms with Gasteiger partial charge in [0.25, 0.3) is 0 Å². The third kappa shape index (κ3) is 3.93. The highest BCUT2D eigenvalue weighted by molar-refractivity contribution is 5.88. The van der Waals surface area contributed by atoms with Crippen LogP contribution in [0.15, 0.2) is 12.1 Å². The lowest BCUT2D eigenvalue weighted by Crippen LogP contribution is -2.37. The van der Waals surface area contributed by atoms with E-state index in [9.17, 15) is 15.0 Å². The minimum atomic E-state index is -0.947. The second kappa shape index (κ2) is 7.85. The lowest BCUT2D eigenvalue weighted by Gasteiger charge is -2.31. The lowest BCUT2D eigenvalue weighted by molar-refractivity contribution is 0.0696. The van der Waals surface area contributed by atoms with Crippen molar-refractivity contribution in [3.05, 3.63) is 23.4 Å². The average molecular weight is 280 g/mol. The van der Waals surface area contributed by atoms with E-state index >= 15 is 0 Å². The summed E-state index contributed by atoms with van der Waals surface area (Å²) in [5.41, 5.74) is 1.01. The van der Waals surface area contributed by atoms with Crippen LogP contribution in [0.25, 0.3) is 0 Å². The first kappa shape index (κ1) is 16.4. The molecule has 0 radical (unpaired) electrons. The van der Waals surface area contributed by atoms with Gasteiger partial charge in [-0.1, -0.05) is 20.8 Å². The van der Waals surface area contributed by atoms with Crippen LogP contribution < -0.4 is 4.90 Å². The molecule has 0 saturated heterocycles. The van der Waals surface area contributed by atoms with Crippen molar-refractivity contribution in [3.63, 3.8) is 0 Å². The highest BCUT2D eigenvalue weighted by Crippen LogP contribution is 2.21. The Morgan fingerprint density at radius 3 is 2.40 bits per heavy atom. The zero-order valence-electron chi connectivity index (χ0n) is 12.5. The van der Waals surface area contributed by atoms with Crippen molar-refractivity contribution in [1.82, 2.24) is 4.98 Å². The summed E-state index contributed by atoms with van der Waals surface area (Å²) in [6.45, 7) is 6.61. The molecule has 0 aliphatic rings. The van der Waals surface area contributed by atoms with Gasteiger partial charge in [-0.05, 0) is 31.4 Å². The minimum Gasteiger partial charge on any atom is -0.478 e. The first-order valence-electron chi connectivity index (χ1n) is 7.19. The number of anilines is 1. The highest BCUT2D eigenvalue weighted by Gasteiger charge is 2.18. The van der Waals surface area contributed by atoms with Crippen LogP contribution in [0.1, 0.15) is 49.7 Å². The van der Waals surface area contributed by atoms with Crippen LogP contribution in [0.5, 0.6) is 0 Å². The number of aliphatic hydroxyl groups excluding tert-OH is 1. The largest absolute Gasteiger partial charge is 0.478 e. The van der Waals surface area contributed by atoms with Gasteiger partial charge in [0, 0.05) is 18.3 Å². The number of hydrogen-bond acceptors (Lipinski definition) is 4. The number of aryl methyl sites for hydroxylation is 1. The Labute approximate surface area is 120 Å². The summed E-state index contributed by atoms with van der Waals surface area (Å²) in [5.74, 6) is -0.304. The number of carbonyl (C=O) groups is 1. The van der Waals surface area contributed by atoms with E-state index in [0.29, 0.717) is 18.8 Å². The number of hydrogen-bond donors (Lipinski definition) is 2. The maximum absolute atomic E-state index is 11.2. The molecular weight excluding hydrogens is 256 g/mol. The van der Waals surface area contributed by atoms with Crippen molar-refractivity contribution >= 4 is 11.8 Å². The van der Waals surface area contributed by atoms with Gasteiger partial charge < -0.3 is 15.1 Å². The van der Waals surface area contributed by atoms with Crippen LogP contribution in [-0.4, -0.2) is 40.4 Å². The van der Waals surface area contributed by atoms with Gasteiger partial charge in [0.2, 0.25) is 0 Å². The molecular formula is C15H24N2O3. The third-order valence-electron chi connectivity index (χ3n) is 3.49. The lowest BCUT2D eigenvalue weighted by atomic mass is 10.1. The normalized spacial score (nSPS) is 10.8. The summed E-state index contributed by atoms with van der Waals surface area (Å²) < 4.78 is 0. The summed E-state index contributed by atoms with van der Waals surface area (Å²) >= 11 is 0. The molecule has 0 amide bonds. The van der Waals surface area contributed by atoms with Crippen molar-refractivity contribution < 1.29 is 15.0 Å². The van der Waals surface area contributed by atoms with Crippen LogP contribution >= 0.6 is 0 Å². The molecule has 1 heterocycles. The molecule has 0 atom stereocenters. The molecule has 20 heavy (non-hydrogen) atoms. The summed E-state index contributed by atoms with van der Waals surface area (Å²) in [4.78, 5) is 17.7. The maximum atomic E-state index is 11.2. The topological polar surface area (TPSA) is 73.7 Å². The van der Waals surface area contributed by atoms with Crippen LogP contribution in [0.2, 0.25) is 0 Å². The van der Waals surface area contributed by atoms with Crippen molar-refractivity contribution in [2.24, 2.45) is 0 Å². The Balaban J connectivity index is 3.23. The zero-order valence-corrected chi connectivity index (χ0v) is 12.5. The van der Waals surface area contributed by atoms with Crippen molar-refractivity contribution in [1.29, 1.82) is 0 Å². The fourth-order valence-electron chi connectivity index (χ4n) is 2.35. The van der Waals surface area contributed by atoms with E-state index in [2.05, 4.69) is 18.8 Å². The predicted octanol–water partition coefficient (Wildman–Crippen LogP) is 2.33. The number of rotatable bonds is 8. The Hall–Kier alpha value is -1.62. The summed E-state index contributed by atoms with van der Waals surface area (Å²) in [5, 5.41) is 18.5. The van der Waals surface area contributed by atoms with Gasteiger partial charge in [-0.15, -0.1) is 0 Å². The fraction of sp³-hybridized carbons (Fsp3) is 0.600. The number of aromatic nitrogens is 1. The Kier molecular flexibility index (Phi) is 6.45. The molecule has 112 valence electrons. The van der Waals surface area contributed by atoms with Gasteiger partial charge in [-0.3, -0.25) is 0 Å². The molecule has 0 unspecified atom stereocenters. The second-order valence-electron chi connectivity index (χ2n) is 4.75. The molecule has 1 rings (SSSR count). The van der Waals surface area contributed by atoms with Crippen molar-refractivity contribution in [3.8, 4) is 0 Å². The number of carboxylic acid groups (broad SMARTS) is 1. The first-order valence-corrected chi connectivity index (χ1v) is 7.19. The van der Waals surface area contributed by atoms with Gasteiger partial charge in [0.05, 0.1) is 12.2 Å². The van der Waals surface area contributed by atoms with Gasteiger partial charge in [0.15, 0.2) is 0 Å². The highest BCUT2D eigenvalue weighted by atomic mass is 16.4. The molecule has 0 bridgehead atoms. The number of aromatic carboxylic acids is 1. The Morgan fingerprint density at radius 2 is 1.95 bits per heavy atom. The van der Waals surface area contributed by atoms with Crippen LogP contribution in [-0.2, 0) is 6.42 Å². The standard InChI is InChI=1S/C15H24N2O3/c1-4-12-9-11(15(19)20)10-14(16-12)17(7-8-18)13(5-2)6-3/h9-10,13,18H,4-8H2,1-3H3,(H,19,20). The molecule has 0 fully saturated rings. The van der Waals surface area contributed by atoms with E-state index in [-0.39, 0.29) is 18.2 Å². The van der Waals surface area contributed by atoms with Gasteiger partial charge in [0.1, 0.15) is 5.82 Å². The quantitative estimate of drug-likeness (QED) is 0.764. The summed E-state index contributed by atoms with van der Waals surface area (Å²) in [7, 11) is 0. The number of nitrogens with zero attached hydrogens (tertiary/aromatic N) is 2. The molecule has 5 nitrogen and oxygen atoms in total. The number of aliphatic hydroxyl groups is 1. The first-order chi connectivity index (χ1) is 9.57. The molecule has 0 aliphatic heterocycles. The maximum Gasteiger partial charge on any atom is 0.335 e. The van der Waals surface area contributed by atoms with Gasteiger partial charge in [-0.2, -0.15) is 0 Å². The van der Waals surface area contributed by atoms with Crippen molar-refractivity contribution in [2.75, 3.05) is 18.1 Å². The molecule has 0 aromatic carbocycles. The molecule has 0 spiro atoms. The molecule has 1 aromatic heterocycles. The molecule has 0 aliphatic carbocycles. The van der Waals surface area contributed by atoms with Crippen LogP contribution in [0, 0.1) is 0 Å². The second-order valence-corrected chi connectivity index (χ2v) is 4.75. The number of pyridine rings is 1. The van der Waals surface area contributed by atoms with E-state index in [1.807, 2.05) is 11.8 Å².